The van der Waals surface area contributed by atoms with Crippen LogP contribution in [0.4, 0.5) is 4.39 Å². The van der Waals surface area contributed by atoms with Gasteiger partial charge in [0.05, 0.1) is 10.8 Å². The van der Waals surface area contributed by atoms with Crippen LogP contribution in [0.25, 0.3) is 10.9 Å². The fraction of sp³-hybridized carbons (Fsp3) is 0.259. The van der Waals surface area contributed by atoms with E-state index in [1.165, 1.54) is 23.9 Å². The first-order chi connectivity index (χ1) is 16.8. The summed E-state index contributed by atoms with van der Waals surface area (Å²) in [5, 5.41) is 5.57. The molecule has 0 saturated heterocycles. The Kier molecular flexibility index (Phi) is 6.47. The lowest BCUT2D eigenvalue weighted by atomic mass is 9.95. The van der Waals surface area contributed by atoms with Crippen molar-refractivity contribution in [3.8, 4) is 0 Å². The number of rotatable bonds is 4. The summed E-state index contributed by atoms with van der Waals surface area (Å²) in [6.45, 7) is 2.24. The largest absolute Gasteiger partial charge is 0.350 e. The van der Waals surface area contributed by atoms with Crippen LogP contribution in [0.3, 0.4) is 0 Å². The van der Waals surface area contributed by atoms with Crippen LogP contribution in [-0.2, 0) is 23.2 Å². The number of thioether (sulfide) groups is 1. The van der Waals surface area contributed by atoms with Gasteiger partial charge < -0.3 is 9.88 Å². The smallest absolute Gasteiger partial charge is 0.248 e. The third kappa shape index (κ3) is 4.39. The van der Waals surface area contributed by atoms with E-state index in [0.717, 1.165) is 37.8 Å². The standard InChI is InChI=1S/C27H25ClFN3O2S/c1-16-13-19(11-12-21(16)28)32-23(33)15-35-27-24(20-5-3-4-6-22(20)31(27)2)25(32)26(34)30-14-17-7-9-18(29)10-8-17/h3-12,16,25H,13-15H2,1-2H3,(H,30,34). The highest BCUT2D eigenvalue weighted by Gasteiger charge is 2.41. The second-order valence-electron chi connectivity index (χ2n) is 8.91. The molecule has 2 atom stereocenters. The van der Waals surface area contributed by atoms with Gasteiger partial charge in [-0.05, 0) is 48.3 Å². The van der Waals surface area contributed by atoms with E-state index in [1.807, 2.05) is 50.4 Å². The molecule has 1 aliphatic heterocycles. The summed E-state index contributed by atoms with van der Waals surface area (Å²) >= 11 is 7.79. The van der Waals surface area contributed by atoms with Gasteiger partial charge in [-0.2, -0.15) is 0 Å². The Morgan fingerprint density at radius 1 is 1.17 bits per heavy atom. The van der Waals surface area contributed by atoms with Gasteiger partial charge in [-0.15, -0.1) is 0 Å². The van der Waals surface area contributed by atoms with Gasteiger partial charge in [0.15, 0.2) is 0 Å². The number of halogens is 2. The van der Waals surface area contributed by atoms with Crippen molar-refractivity contribution < 1.29 is 14.0 Å². The minimum Gasteiger partial charge on any atom is -0.350 e. The van der Waals surface area contributed by atoms with Gasteiger partial charge in [-0.25, -0.2) is 4.39 Å². The Hall–Kier alpha value is -3.03. The monoisotopic (exact) mass is 509 g/mol. The number of aryl methyl sites for hydroxylation is 1. The molecule has 0 spiro atoms. The zero-order chi connectivity index (χ0) is 24.7. The summed E-state index contributed by atoms with van der Waals surface area (Å²) < 4.78 is 15.4. The Morgan fingerprint density at radius 2 is 1.91 bits per heavy atom. The number of carbonyl (C=O) groups excluding carboxylic acids is 2. The molecule has 2 unspecified atom stereocenters. The van der Waals surface area contributed by atoms with Crippen LogP contribution in [-0.4, -0.2) is 27.0 Å². The minimum atomic E-state index is -0.845. The maximum Gasteiger partial charge on any atom is 0.248 e. The van der Waals surface area contributed by atoms with Crippen LogP contribution >= 0.6 is 23.4 Å². The number of nitrogens with zero attached hydrogens (tertiary/aromatic N) is 2. The number of benzene rings is 2. The van der Waals surface area contributed by atoms with Crippen molar-refractivity contribution in [2.24, 2.45) is 13.0 Å². The van der Waals surface area contributed by atoms with Crippen LogP contribution in [0.5, 0.6) is 0 Å². The molecule has 2 aromatic carbocycles. The minimum absolute atomic E-state index is 0.0512. The number of hydrogen-bond acceptors (Lipinski definition) is 3. The highest BCUT2D eigenvalue weighted by Crippen LogP contribution is 2.44. The summed E-state index contributed by atoms with van der Waals surface area (Å²) in [5.74, 6) is -0.459. The topological polar surface area (TPSA) is 54.3 Å². The Morgan fingerprint density at radius 3 is 2.66 bits per heavy atom. The molecule has 0 bridgehead atoms. The van der Waals surface area contributed by atoms with Gasteiger partial charge in [0.1, 0.15) is 11.9 Å². The maximum absolute atomic E-state index is 13.9. The quantitative estimate of drug-likeness (QED) is 0.494. The molecule has 2 heterocycles. The number of fused-ring (bicyclic) bond motifs is 3. The molecule has 1 aromatic heterocycles. The van der Waals surface area contributed by atoms with Gasteiger partial charge >= 0.3 is 0 Å². The predicted octanol–water partition coefficient (Wildman–Crippen LogP) is 5.66. The summed E-state index contributed by atoms with van der Waals surface area (Å²) in [5.41, 5.74) is 3.38. The van der Waals surface area contributed by atoms with Crippen LogP contribution < -0.4 is 5.32 Å². The molecule has 2 aliphatic rings. The maximum atomic E-state index is 13.9. The molecule has 0 radical (unpaired) electrons. The van der Waals surface area contributed by atoms with Crippen molar-refractivity contribution in [1.82, 2.24) is 14.8 Å². The van der Waals surface area contributed by atoms with Crippen molar-refractivity contribution in [1.29, 1.82) is 0 Å². The van der Waals surface area contributed by atoms with E-state index in [-0.39, 0.29) is 35.8 Å². The van der Waals surface area contributed by atoms with E-state index in [2.05, 4.69) is 9.88 Å². The molecule has 5 nitrogen and oxygen atoms in total. The molecule has 180 valence electrons. The molecule has 2 amide bonds. The normalized spacial score (nSPS) is 20.2. The lowest BCUT2D eigenvalue weighted by Crippen LogP contribution is -2.43. The zero-order valence-corrected chi connectivity index (χ0v) is 21.0. The Bertz CT molecular complexity index is 1380. The van der Waals surface area contributed by atoms with Crippen LogP contribution in [0, 0.1) is 11.7 Å². The predicted molar refractivity (Wildman–Crippen MR) is 137 cm³/mol. The molecule has 35 heavy (non-hydrogen) atoms. The van der Waals surface area contributed by atoms with E-state index in [4.69, 9.17) is 11.6 Å². The zero-order valence-electron chi connectivity index (χ0n) is 19.4. The van der Waals surface area contributed by atoms with E-state index in [9.17, 15) is 14.0 Å². The highest BCUT2D eigenvalue weighted by atomic mass is 35.5. The summed E-state index contributed by atoms with van der Waals surface area (Å²) in [4.78, 5) is 29.1. The van der Waals surface area contributed by atoms with Gasteiger partial charge in [-0.3, -0.25) is 14.5 Å². The molecule has 3 aromatic rings. The van der Waals surface area contributed by atoms with E-state index in [0.29, 0.717) is 6.42 Å². The summed E-state index contributed by atoms with van der Waals surface area (Å²) in [6, 6.07) is 13.1. The first-order valence-corrected chi connectivity index (χ1v) is 12.8. The van der Waals surface area contributed by atoms with Gasteiger partial charge in [0.2, 0.25) is 11.8 Å². The third-order valence-electron chi connectivity index (χ3n) is 6.58. The van der Waals surface area contributed by atoms with Gasteiger partial charge in [-0.1, -0.05) is 60.6 Å². The Labute approximate surface area is 212 Å². The number of allylic oxidation sites excluding steroid dienone is 4. The number of nitrogens with one attached hydrogen (secondary N) is 1. The lowest BCUT2D eigenvalue weighted by molar-refractivity contribution is -0.137. The fourth-order valence-corrected chi connectivity index (χ4v) is 5.98. The molecule has 1 aliphatic carbocycles. The number of para-hydroxylation sites is 1. The Balaban J connectivity index is 1.61. The van der Waals surface area contributed by atoms with E-state index >= 15 is 0 Å². The van der Waals surface area contributed by atoms with E-state index in [1.54, 1.807) is 17.0 Å². The average Bonchev–Trinajstić information content (AvgIpc) is 3.03. The van der Waals surface area contributed by atoms with Crippen LogP contribution in [0.1, 0.15) is 30.5 Å². The first-order valence-electron chi connectivity index (χ1n) is 11.5. The summed E-state index contributed by atoms with van der Waals surface area (Å²) in [7, 11) is 1.96. The number of carbonyl (C=O) groups is 2. The van der Waals surface area contributed by atoms with E-state index < -0.39 is 6.04 Å². The number of aromatic nitrogens is 1. The van der Waals surface area contributed by atoms with Crippen molar-refractivity contribution >= 4 is 46.1 Å². The van der Waals surface area contributed by atoms with Crippen molar-refractivity contribution in [3.05, 3.63) is 88.4 Å². The molecule has 1 N–H and O–H groups in total. The van der Waals surface area contributed by atoms with Crippen molar-refractivity contribution in [2.45, 2.75) is 31.0 Å². The second kappa shape index (κ2) is 9.55. The van der Waals surface area contributed by atoms with Crippen LogP contribution in [0.2, 0.25) is 0 Å². The molecule has 5 rings (SSSR count). The summed E-state index contributed by atoms with van der Waals surface area (Å²) in [6.07, 6.45) is 4.22. The number of amides is 2. The highest BCUT2D eigenvalue weighted by molar-refractivity contribution is 8.00. The molecule has 0 saturated carbocycles. The molecule has 0 fully saturated rings. The molecular formula is C27H25ClFN3O2S. The lowest BCUT2D eigenvalue weighted by Gasteiger charge is -2.34. The molecule has 8 heteroatoms. The van der Waals surface area contributed by atoms with Crippen molar-refractivity contribution in [3.63, 3.8) is 0 Å². The van der Waals surface area contributed by atoms with Crippen molar-refractivity contribution in [2.75, 3.05) is 5.75 Å². The van der Waals surface area contributed by atoms with Gasteiger partial charge in [0.25, 0.3) is 0 Å². The fourth-order valence-electron chi connectivity index (χ4n) is 4.77. The first kappa shape index (κ1) is 23.7. The average molecular weight is 510 g/mol. The second-order valence-corrected chi connectivity index (χ2v) is 10.3. The van der Waals surface area contributed by atoms with Gasteiger partial charge in [0, 0.05) is 40.8 Å². The third-order valence-corrected chi connectivity index (χ3v) is 8.24. The van der Waals surface area contributed by atoms with Crippen LogP contribution in [0.15, 0.2) is 76.4 Å². The SMILES string of the molecule is CC1CC(N2C(=O)CSc3c(c4ccccc4n3C)C2C(=O)NCc2ccc(F)cc2)=CC=C1Cl. The molecular weight excluding hydrogens is 485 g/mol. The number of hydrogen-bond donors (Lipinski definition) is 1.